The SMILES string of the molecule is NC(=O)c1cccc(COc2cccc(F)c2)c1. The van der Waals surface area contributed by atoms with Crippen LogP contribution in [0.5, 0.6) is 5.75 Å². The minimum atomic E-state index is -0.484. The number of benzene rings is 2. The number of halogens is 1. The van der Waals surface area contributed by atoms with Crippen LogP contribution in [0.25, 0.3) is 0 Å². The van der Waals surface area contributed by atoms with E-state index in [1.165, 1.54) is 12.1 Å². The zero-order valence-corrected chi connectivity index (χ0v) is 9.60. The van der Waals surface area contributed by atoms with Crippen molar-refractivity contribution in [1.82, 2.24) is 0 Å². The summed E-state index contributed by atoms with van der Waals surface area (Å²) in [5.41, 5.74) is 6.41. The monoisotopic (exact) mass is 245 g/mol. The van der Waals surface area contributed by atoms with Crippen molar-refractivity contribution >= 4 is 5.91 Å². The van der Waals surface area contributed by atoms with Crippen LogP contribution >= 0.6 is 0 Å². The number of carbonyl (C=O) groups is 1. The van der Waals surface area contributed by atoms with Gasteiger partial charge in [-0.1, -0.05) is 18.2 Å². The van der Waals surface area contributed by atoms with E-state index in [0.29, 0.717) is 11.3 Å². The van der Waals surface area contributed by atoms with E-state index in [-0.39, 0.29) is 12.4 Å². The average Bonchev–Trinajstić information content (AvgIpc) is 2.37. The van der Waals surface area contributed by atoms with Gasteiger partial charge in [0.25, 0.3) is 0 Å². The van der Waals surface area contributed by atoms with E-state index in [4.69, 9.17) is 10.5 Å². The molecule has 0 saturated heterocycles. The first-order chi connectivity index (χ1) is 8.65. The highest BCUT2D eigenvalue weighted by Gasteiger charge is 2.02. The average molecular weight is 245 g/mol. The molecule has 0 heterocycles. The second-order valence-electron chi connectivity index (χ2n) is 3.81. The number of ether oxygens (including phenoxy) is 1. The number of hydrogen-bond acceptors (Lipinski definition) is 2. The summed E-state index contributed by atoms with van der Waals surface area (Å²) in [6, 6.07) is 12.7. The Morgan fingerprint density at radius 1 is 1.17 bits per heavy atom. The second kappa shape index (κ2) is 5.31. The van der Waals surface area contributed by atoms with Gasteiger partial charge < -0.3 is 10.5 Å². The smallest absolute Gasteiger partial charge is 0.248 e. The molecule has 0 fully saturated rings. The molecule has 2 aromatic rings. The zero-order chi connectivity index (χ0) is 13.0. The highest BCUT2D eigenvalue weighted by atomic mass is 19.1. The Kier molecular flexibility index (Phi) is 3.57. The quantitative estimate of drug-likeness (QED) is 0.899. The van der Waals surface area contributed by atoms with Crippen LogP contribution in [0.2, 0.25) is 0 Å². The van der Waals surface area contributed by atoms with E-state index < -0.39 is 5.91 Å². The molecule has 2 aromatic carbocycles. The lowest BCUT2D eigenvalue weighted by Crippen LogP contribution is -2.11. The lowest BCUT2D eigenvalue weighted by atomic mass is 10.1. The largest absolute Gasteiger partial charge is 0.489 e. The molecule has 1 amide bonds. The molecule has 0 aliphatic carbocycles. The molecule has 2 N–H and O–H groups in total. The van der Waals surface area contributed by atoms with Gasteiger partial charge in [-0.05, 0) is 29.8 Å². The molecule has 4 heteroatoms. The Morgan fingerprint density at radius 3 is 2.67 bits per heavy atom. The molecule has 0 saturated carbocycles. The van der Waals surface area contributed by atoms with Gasteiger partial charge in [-0.2, -0.15) is 0 Å². The summed E-state index contributed by atoms with van der Waals surface area (Å²) < 4.78 is 18.3. The number of rotatable bonds is 4. The van der Waals surface area contributed by atoms with Gasteiger partial charge in [-0.3, -0.25) is 4.79 Å². The van der Waals surface area contributed by atoms with Crippen molar-refractivity contribution in [3.8, 4) is 5.75 Å². The Hall–Kier alpha value is -2.36. The predicted molar refractivity (Wildman–Crippen MR) is 65.7 cm³/mol. The van der Waals surface area contributed by atoms with Gasteiger partial charge in [0, 0.05) is 11.6 Å². The fourth-order valence-corrected chi connectivity index (χ4v) is 1.54. The Bertz CT molecular complexity index is 569. The summed E-state index contributed by atoms with van der Waals surface area (Å²) in [5.74, 6) is -0.388. The minimum absolute atomic E-state index is 0.255. The normalized spacial score (nSPS) is 10.1. The zero-order valence-electron chi connectivity index (χ0n) is 9.60. The molecule has 0 radical (unpaired) electrons. The molecule has 2 rings (SSSR count). The second-order valence-corrected chi connectivity index (χ2v) is 3.81. The molecule has 0 atom stereocenters. The maximum atomic E-state index is 12.9. The lowest BCUT2D eigenvalue weighted by molar-refractivity contribution is 0.1000. The van der Waals surface area contributed by atoms with Crippen LogP contribution in [-0.2, 0) is 6.61 Å². The van der Waals surface area contributed by atoms with Gasteiger partial charge in [-0.15, -0.1) is 0 Å². The third-order valence-electron chi connectivity index (χ3n) is 2.41. The first-order valence-corrected chi connectivity index (χ1v) is 5.42. The number of nitrogens with two attached hydrogens (primary N) is 1. The molecule has 0 aromatic heterocycles. The van der Waals surface area contributed by atoms with Gasteiger partial charge in [0.1, 0.15) is 18.2 Å². The molecular formula is C14H12FNO2. The number of carbonyl (C=O) groups excluding carboxylic acids is 1. The van der Waals surface area contributed by atoms with Gasteiger partial charge in [0.2, 0.25) is 5.91 Å². The van der Waals surface area contributed by atoms with Crippen molar-refractivity contribution in [2.24, 2.45) is 5.73 Å². The molecule has 3 nitrogen and oxygen atoms in total. The summed E-state index contributed by atoms with van der Waals surface area (Å²) in [5, 5.41) is 0. The van der Waals surface area contributed by atoms with Crippen LogP contribution in [0.3, 0.4) is 0 Å². The molecule has 92 valence electrons. The van der Waals surface area contributed by atoms with Gasteiger partial charge in [-0.25, -0.2) is 4.39 Å². The molecule has 0 aliphatic heterocycles. The van der Waals surface area contributed by atoms with E-state index in [9.17, 15) is 9.18 Å². The van der Waals surface area contributed by atoms with Crippen LogP contribution in [0.4, 0.5) is 4.39 Å². The number of primary amides is 1. The number of amides is 1. The van der Waals surface area contributed by atoms with Gasteiger partial charge >= 0.3 is 0 Å². The van der Waals surface area contributed by atoms with Gasteiger partial charge in [0.15, 0.2) is 0 Å². The van der Waals surface area contributed by atoms with E-state index in [1.807, 2.05) is 6.07 Å². The Balaban J connectivity index is 2.06. The van der Waals surface area contributed by atoms with Gasteiger partial charge in [0.05, 0.1) is 0 Å². The molecule has 0 unspecified atom stereocenters. The molecular weight excluding hydrogens is 233 g/mol. The van der Waals surface area contributed by atoms with Crippen LogP contribution in [0.15, 0.2) is 48.5 Å². The highest BCUT2D eigenvalue weighted by Crippen LogP contribution is 2.14. The summed E-state index contributed by atoms with van der Waals surface area (Å²) in [4.78, 5) is 11.0. The van der Waals surface area contributed by atoms with Crippen molar-refractivity contribution in [3.05, 3.63) is 65.5 Å². The topological polar surface area (TPSA) is 52.3 Å². The first kappa shape index (κ1) is 12.1. The first-order valence-electron chi connectivity index (χ1n) is 5.42. The maximum absolute atomic E-state index is 12.9. The van der Waals surface area contributed by atoms with Crippen LogP contribution in [-0.4, -0.2) is 5.91 Å². The van der Waals surface area contributed by atoms with E-state index >= 15 is 0 Å². The fraction of sp³-hybridized carbons (Fsp3) is 0.0714. The van der Waals surface area contributed by atoms with Crippen molar-refractivity contribution in [1.29, 1.82) is 0 Å². The summed E-state index contributed by atoms with van der Waals surface area (Å²) in [6.45, 7) is 0.255. The fourth-order valence-electron chi connectivity index (χ4n) is 1.54. The van der Waals surface area contributed by atoms with Crippen molar-refractivity contribution < 1.29 is 13.9 Å². The van der Waals surface area contributed by atoms with E-state index in [1.54, 1.807) is 30.3 Å². The summed E-state index contributed by atoms with van der Waals surface area (Å²) >= 11 is 0. The number of hydrogen-bond donors (Lipinski definition) is 1. The third kappa shape index (κ3) is 3.07. The van der Waals surface area contributed by atoms with E-state index in [2.05, 4.69) is 0 Å². The van der Waals surface area contributed by atoms with E-state index in [0.717, 1.165) is 5.56 Å². The molecule has 0 aliphatic rings. The van der Waals surface area contributed by atoms with Crippen molar-refractivity contribution in [2.45, 2.75) is 6.61 Å². The molecule has 0 spiro atoms. The predicted octanol–water partition coefficient (Wildman–Crippen LogP) is 2.50. The molecule has 18 heavy (non-hydrogen) atoms. The minimum Gasteiger partial charge on any atom is -0.489 e. The summed E-state index contributed by atoms with van der Waals surface area (Å²) in [6.07, 6.45) is 0. The third-order valence-corrected chi connectivity index (χ3v) is 2.41. The molecule has 0 bridgehead atoms. The highest BCUT2D eigenvalue weighted by molar-refractivity contribution is 5.92. The van der Waals surface area contributed by atoms with Crippen LogP contribution in [0, 0.1) is 5.82 Å². The van der Waals surface area contributed by atoms with Crippen LogP contribution < -0.4 is 10.5 Å². The lowest BCUT2D eigenvalue weighted by Gasteiger charge is -2.07. The van der Waals surface area contributed by atoms with Crippen LogP contribution in [0.1, 0.15) is 15.9 Å². The summed E-state index contributed by atoms with van der Waals surface area (Å²) in [7, 11) is 0. The van der Waals surface area contributed by atoms with Crippen molar-refractivity contribution in [2.75, 3.05) is 0 Å². The maximum Gasteiger partial charge on any atom is 0.248 e. The van der Waals surface area contributed by atoms with Crippen molar-refractivity contribution in [3.63, 3.8) is 0 Å². The Morgan fingerprint density at radius 2 is 1.94 bits per heavy atom. The Labute approximate surface area is 104 Å². The standard InChI is InChI=1S/C14H12FNO2/c15-12-5-2-6-13(8-12)18-9-10-3-1-4-11(7-10)14(16)17/h1-8H,9H2,(H2,16,17).